The standard InChI is InChI=1S/4C7H5ClO2.Pb/c4*8-6-4-2-1-3-5(6)7(9)10;/h4*1-4H,(H,9,10);/q;;;;+4/p-4. The maximum atomic E-state index is 10.2. The van der Waals surface area contributed by atoms with Crippen molar-refractivity contribution in [3.8, 4) is 0 Å². The molecule has 0 aliphatic heterocycles. The molecule has 0 aromatic heterocycles. The molecule has 0 saturated heterocycles. The summed E-state index contributed by atoms with van der Waals surface area (Å²) in [7, 11) is 0. The third-order valence-corrected chi connectivity index (χ3v) is 5.69. The van der Waals surface area contributed by atoms with E-state index in [0.717, 1.165) is 0 Å². The number of rotatable bonds is 4. The van der Waals surface area contributed by atoms with Crippen LogP contribution in [0, 0.1) is 0 Å². The minimum absolute atomic E-state index is 0. The van der Waals surface area contributed by atoms with Crippen molar-refractivity contribution in [2.24, 2.45) is 0 Å². The molecule has 0 bridgehead atoms. The summed E-state index contributed by atoms with van der Waals surface area (Å²) >= 11 is 22.0. The number of carbonyl (C=O) groups excluding carboxylic acids is 4. The van der Waals surface area contributed by atoms with Gasteiger partial charge in [-0.1, -0.05) is 119 Å². The molecule has 13 heteroatoms. The van der Waals surface area contributed by atoms with E-state index in [4.69, 9.17) is 46.4 Å². The molecule has 41 heavy (non-hydrogen) atoms. The third kappa shape index (κ3) is 13.8. The zero-order valence-electron chi connectivity index (χ0n) is 20.5. The number of hydrogen-bond donors (Lipinski definition) is 0. The maximum Gasteiger partial charge on any atom is 4.00 e. The summed E-state index contributed by atoms with van der Waals surface area (Å²) < 4.78 is 0. The first-order valence-electron chi connectivity index (χ1n) is 10.7. The Morgan fingerprint density at radius 2 is 0.512 bits per heavy atom. The smallest absolute Gasteiger partial charge is 0.545 e. The second kappa shape index (κ2) is 19.8. The van der Waals surface area contributed by atoms with Crippen LogP contribution in [0.1, 0.15) is 41.4 Å². The first-order chi connectivity index (χ1) is 18.9. The van der Waals surface area contributed by atoms with Crippen molar-refractivity contribution in [3.63, 3.8) is 0 Å². The Labute approximate surface area is 274 Å². The van der Waals surface area contributed by atoms with Crippen LogP contribution in [0.4, 0.5) is 0 Å². The topological polar surface area (TPSA) is 161 Å². The van der Waals surface area contributed by atoms with Gasteiger partial charge in [0, 0.05) is 42.3 Å². The van der Waals surface area contributed by atoms with Gasteiger partial charge in [0.2, 0.25) is 0 Å². The van der Waals surface area contributed by atoms with Crippen molar-refractivity contribution < 1.29 is 39.6 Å². The van der Waals surface area contributed by atoms with E-state index in [0.29, 0.717) is 0 Å². The molecule has 8 nitrogen and oxygen atoms in total. The first-order valence-corrected chi connectivity index (χ1v) is 12.2. The number of carboxylic acids is 4. The summed E-state index contributed by atoms with van der Waals surface area (Å²) in [4.78, 5) is 40.9. The molecule has 0 N–H and O–H groups in total. The normalized spacial score (nSPS) is 9.07. The molecule has 0 fully saturated rings. The molecular weight excluding hydrogens is 813 g/mol. The molecule has 0 amide bonds. The largest absolute Gasteiger partial charge is 4.00 e. The number of aromatic carboxylic acids is 4. The van der Waals surface area contributed by atoms with Crippen LogP contribution in [0.25, 0.3) is 0 Å². The second-order valence-electron chi connectivity index (χ2n) is 7.07. The van der Waals surface area contributed by atoms with E-state index in [2.05, 4.69) is 0 Å². The fraction of sp³-hybridized carbons (Fsp3) is 0. The molecule has 0 spiro atoms. The van der Waals surface area contributed by atoms with Gasteiger partial charge < -0.3 is 39.6 Å². The molecule has 0 aliphatic rings. The Bertz CT molecular complexity index is 1260. The average Bonchev–Trinajstić information content (AvgIpc) is 2.90. The quantitative estimate of drug-likeness (QED) is 0.284. The fourth-order valence-electron chi connectivity index (χ4n) is 2.51. The minimum Gasteiger partial charge on any atom is -0.545 e. The van der Waals surface area contributed by atoms with Gasteiger partial charge in [0.15, 0.2) is 0 Å². The van der Waals surface area contributed by atoms with E-state index < -0.39 is 23.9 Å². The van der Waals surface area contributed by atoms with Gasteiger partial charge in [-0.05, 0) is 24.3 Å². The van der Waals surface area contributed by atoms with Gasteiger partial charge in [0.05, 0.1) is 23.9 Å². The Morgan fingerprint density at radius 1 is 0.366 bits per heavy atom. The number of halogens is 4. The van der Waals surface area contributed by atoms with Gasteiger partial charge in [-0.3, -0.25) is 0 Å². The van der Waals surface area contributed by atoms with Crippen LogP contribution in [-0.4, -0.2) is 51.2 Å². The predicted molar refractivity (Wildman–Crippen MR) is 149 cm³/mol. The summed E-state index contributed by atoms with van der Waals surface area (Å²) in [6.45, 7) is 0. The van der Waals surface area contributed by atoms with Crippen molar-refractivity contribution in [3.05, 3.63) is 139 Å². The van der Waals surface area contributed by atoms with Crippen molar-refractivity contribution >= 4 is 97.6 Å². The fourth-order valence-corrected chi connectivity index (χ4v) is 3.36. The van der Waals surface area contributed by atoms with Crippen molar-refractivity contribution in [1.29, 1.82) is 0 Å². The first kappa shape index (κ1) is 37.8. The van der Waals surface area contributed by atoms with Crippen molar-refractivity contribution in [2.45, 2.75) is 0 Å². The maximum absolute atomic E-state index is 10.2. The van der Waals surface area contributed by atoms with Crippen LogP contribution >= 0.6 is 46.4 Å². The third-order valence-electron chi connectivity index (χ3n) is 4.38. The summed E-state index contributed by atoms with van der Waals surface area (Å²) in [5, 5.41) is 41.7. The second-order valence-corrected chi connectivity index (χ2v) is 8.70. The van der Waals surface area contributed by atoms with Gasteiger partial charge in [-0.25, -0.2) is 0 Å². The van der Waals surface area contributed by atoms with Crippen LogP contribution in [0.15, 0.2) is 97.1 Å². The van der Waals surface area contributed by atoms with E-state index in [1.165, 1.54) is 48.5 Å². The van der Waals surface area contributed by atoms with Crippen molar-refractivity contribution in [1.82, 2.24) is 0 Å². The number of benzene rings is 4. The number of carboxylic acid groups (broad SMARTS) is 4. The molecule has 4 aromatic carbocycles. The zero-order chi connectivity index (χ0) is 30.2. The molecule has 0 radical (unpaired) electrons. The number of hydrogen-bond acceptors (Lipinski definition) is 8. The van der Waals surface area contributed by atoms with E-state index >= 15 is 0 Å². The zero-order valence-corrected chi connectivity index (χ0v) is 27.4. The average molecular weight is 829 g/mol. The molecule has 0 atom stereocenters. The van der Waals surface area contributed by atoms with Crippen LogP contribution in [-0.2, 0) is 0 Å². The number of carbonyl (C=O) groups is 4. The summed E-state index contributed by atoms with van der Waals surface area (Å²) in [5.41, 5.74) is 0.127. The van der Waals surface area contributed by atoms with Crippen LogP contribution in [0.5, 0.6) is 0 Å². The van der Waals surface area contributed by atoms with Gasteiger partial charge in [-0.15, -0.1) is 0 Å². The molecule has 4 aromatic rings. The Hall–Kier alpha value is -3.16. The van der Waals surface area contributed by atoms with Gasteiger partial charge in [0.1, 0.15) is 0 Å². The summed E-state index contributed by atoms with van der Waals surface area (Å²) in [6, 6.07) is 24.7. The van der Waals surface area contributed by atoms with E-state index in [9.17, 15) is 39.6 Å². The van der Waals surface area contributed by atoms with Crippen LogP contribution in [0.3, 0.4) is 0 Å². The minimum atomic E-state index is -1.24. The molecule has 0 heterocycles. The molecule has 0 aliphatic carbocycles. The Kier molecular flexibility index (Phi) is 18.3. The van der Waals surface area contributed by atoms with E-state index in [1.54, 1.807) is 48.5 Å². The molecule has 208 valence electrons. The SMILES string of the molecule is O=C([O-])c1ccccc1Cl.O=C([O-])c1ccccc1Cl.O=C([O-])c1ccccc1Cl.O=C([O-])c1ccccc1Cl.[Pb+4]. The monoisotopic (exact) mass is 828 g/mol. The molecule has 4 rings (SSSR count). The van der Waals surface area contributed by atoms with E-state index in [-0.39, 0.29) is 69.6 Å². The Balaban J connectivity index is 0.000000516. The van der Waals surface area contributed by atoms with Crippen LogP contribution in [0.2, 0.25) is 20.1 Å². The van der Waals surface area contributed by atoms with E-state index in [1.807, 2.05) is 0 Å². The molecule has 0 saturated carbocycles. The summed E-state index contributed by atoms with van der Waals surface area (Å²) in [5.74, 6) is -4.98. The molecular formula is C28H16Cl4O8Pb. The predicted octanol–water partition coefficient (Wildman–Crippen LogP) is 2.43. The van der Waals surface area contributed by atoms with Crippen LogP contribution < -0.4 is 20.4 Å². The van der Waals surface area contributed by atoms with Crippen molar-refractivity contribution in [2.75, 3.05) is 0 Å². The van der Waals surface area contributed by atoms with Gasteiger partial charge >= 0.3 is 27.3 Å². The Morgan fingerprint density at radius 3 is 0.610 bits per heavy atom. The van der Waals surface area contributed by atoms with Gasteiger partial charge in [-0.2, -0.15) is 0 Å². The van der Waals surface area contributed by atoms with Gasteiger partial charge in [0.25, 0.3) is 0 Å². The summed E-state index contributed by atoms with van der Waals surface area (Å²) in [6.07, 6.45) is 0. The molecule has 0 unspecified atom stereocenters.